The average Bonchev–Trinajstić information content (AvgIpc) is 0.916. The Kier molecular flexibility index (Phi) is 71.8. The van der Waals surface area contributed by atoms with Crippen LogP contribution in [0.15, 0.2) is 0 Å². The SMILES string of the molecule is CCCCCCCCCCCCCC(=O)OC[C@H](COP(=O)(O)OC[C@H](O)COP(=O)(O)OC[C@@H](COC(=O)CCCCCCCCCCCCCCCCC(C)CC)OC(=O)CCCCCCCCCCCCCCCCCCC(C)C)OC(=O)CCCCCCCCCCCCCC(C)C. The van der Waals surface area contributed by atoms with Crippen LogP contribution in [0, 0.1) is 17.8 Å². The fourth-order valence-electron chi connectivity index (χ4n) is 12.8. The first kappa shape index (κ1) is 100. The lowest BCUT2D eigenvalue weighted by atomic mass is 9.99. The third kappa shape index (κ3) is 74.9. The highest BCUT2D eigenvalue weighted by molar-refractivity contribution is 7.47. The summed E-state index contributed by atoms with van der Waals surface area (Å²) in [6, 6.07) is 0. The minimum atomic E-state index is -4.96. The Morgan fingerprint density at radius 3 is 0.745 bits per heavy atom. The molecule has 0 spiro atoms. The van der Waals surface area contributed by atoms with Crippen molar-refractivity contribution in [3.63, 3.8) is 0 Å². The molecular weight excluding hydrogens is 1330 g/mol. The van der Waals surface area contributed by atoms with Crippen molar-refractivity contribution >= 4 is 39.5 Å². The van der Waals surface area contributed by atoms with Gasteiger partial charge in [-0.2, -0.15) is 0 Å². The van der Waals surface area contributed by atoms with Crippen LogP contribution < -0.4 is 0 Å². The quantitative estimate of drug-likeness (QED) is 0.0222. The summed E-state index contributed by atoms with van der Waals surface area (Å²) in [5.74, 6) is 0.318. The molecule has 6 atom stereocenters. The predicted molar refractivity (Wildman–Crippen MR) is 418 cm³/mol. The molecule has 0 saturated carbocycles. The second-order valence-corrected chi connectivity index (χ2v) is 34.0. The number of hydrogen-bond acceptors (Lipinski definition) is 15. The second-order valence-electron chi connectivity index (χ2n) is 31.1. The Bertz CT molecular complexity index is 1980. The van der Waals surface area contributed by atoms with Gasteiger partial charge < -0.3 is 33.8 Å². The largest absolute Gasteiger partial charge is 0.472 e. The van der Waals surface area contributed by atoms with Crippen LogP contribution in [0.4, 0.5) is 0 Å². The van der Waals surface area contributed by atoms with E-state index in [2.05, 4.69) is 48.5 Å². The number of carbonyl (C=O) groups excluding carboxylic acids is 4. The van der Waals surface area contributed by atoms with Crippen LogP contribution in [-0.4, -0.2) is 96.7 Å². The Morgan fingerprint density at radius 2 is 0.500 bits per heavy atom. The molecule has 0 aliphatic carbocycles. The summed E-state index contributed by atoms with van der Waals surface area (Å²) in [5.41, 5.74) is 0. The number of rotatable bonds is 81. The molecule has 0 aliphatic heterocycles. The number of esters is 4. The van der Waals surface area contributed by atoms with Crippen LogP contribution in [-0.2, 0) is 65.4 Å². The monoisotopic (exact) mass is 1490 g/mol. The van der Waals surface area contributed by atoms with Crippen molar-refractivity contribution in [1.29, 1.82) is 0 Å². The molecule has 0 aromatic carbocycles. The fourth-order valence-corrected chi connectivity index (χ4v) is 14.4. The van der Waals surface area contributed by atoms with Crippen molar-refractivity contribution in [2.75, 3.05) is 39.6 Å². The van der Waals surface area contributed by atoms with E-state index in [9.17, 15) is 43.2 Å². The standard InChI is InChI=1S/C83H162O17P2/c1-8-10-11-12-13-14-26-36-43-50-57-64-80(85)93-70-78(100-83(88)67-60-53-46-39-32-25-28-34-41-48-55-62-75(5)6)72-97-101(89,90)95-68-77(84)69-96-102(91,92)98-73-79(71-94-81(86)65-58-51-44-37-30-23-20-19-22-29-35-42-49-56-63-76(7)9-2)99-82(87)66-59-52-45-38-31-24-18-16-15-17-21-27-33-40-47-54-61-74(3)4/h74-79,84H,8-73H2,1-7H3,(H,89,90)(H,91,92)/t76?,77-,78+,79+/m0/s1. The number of phosphoric acid groups is 2. The van der Waals surface area contributed by atoms with Gasteiger partial charge in [-0.15, -0.1) is 0 Å². The molecule has 606 valence electrons. The molecule has 3 unspecified atom stereocenters. The number of aliphatic hydroxyl groups is 1. The summed E-state index contributed by atoms with van der Waals surface area (Å²) in [6.45, 7) is 12.0. The van der Waals surface area contributed by atoms with Crippen molar-refractivity contribution in [3.05, 3.63) is 0 Å². The number of unbranched alkanes of at least 4 members (excludes halogenated alkanes) is 48. The molecule has 0 bridgehead atoms. The molecule has 0 radical (unpaired) electrons. The van der Waals surface area contributed by atoms with E-state index < -0.39 is 97.5 Å². The minimum absolute atomic E-state index is 0.107. The lowest BCUT2D eigenvalue weighted by molar-refractivity contribution is -0.161. The summed E-state index contributed by atoms with van der Waals surface area (Å²) in [7, 11) is -9.92. The van der Waals surface area contributed by atoms with Gasteiger partial charge in [0.05, 0.1) is 26.4 Å². The maximum Gasteiger partial charge on any atom is 0.472 e. The third-order valence-electron chi connectivity index (χ3n) is 19.7. The normalized spacial score (nSPS) is 14.2. The molecule has 17 nitrogen and oxygen atoms in total. The zero-order chi connectivity index (χ0) is 75.1. The highest BCUT2D eigenvalue weighted by Gasteiger charge is 2.30. The van der Waals surface area contributed by atoms with Crippen LogP contribution >= 0.6 is 15.6 Å². The molecule has 0 aromatic rings. The van der Waals surface area contributed by atoms with E-state index >= 15 is 0 Å². The molecule has 0 saturated heterocycles. The van der Waals surface area contributed by atoms with Gasteiger partial charge in [0, 0.05) is 25.7 Å². The Labute approximate surface area is 626 Å². The first-order chi connectivity index (χ1) is 49.3. The molecule has 102 heavy (non-hydrogen) atoms. The van der Waals surface area contributed by atoms with Gasteiger partial charge in [-0.05, 0) is 43.4 Å². The predicted octanol–water partition coefficient (Wildman–Crippen LogP) is 24.9. The Morgan fingerprint density at radius 1 is 0.284 bits per heavy atom. The summed E-state index contributed by atoms with van der Waals surface area (Å²) >= 11 is 0. The molecular formula is C83H162O17P2. The summed E-state index contributed by atoms with van der Waals surface area (Å²) in [4.78, 5) is 73.1. The van der Waals surface area contributed by atoms with Gasteiger partial charge in [0.15, 0.2) is 12.2 Å². The highest BCUT2D eigenvalue weighted by atomic mass is 31.2. The zero-order valence-electron chi connectivity index (χ0n) is 67.1. The van der Waals surface area contributed by atoms with Crippen molar-refractivity contribution in [2.24, 2.45) is 17.8 Å². The molecule has 0 fully saturated rings. The molecule has 3 N–H and O–H groups in total. The van der Waals surface area contributed by atoms with Crippen LogP contribution in [0.1, 0.15) is 434 Å². The first-order valence-electron chi connectivity index (χ1n) is 42.9. The maximum absolute atomic E-state index is 13.1. The van der Waals surface area contributed by atoms with Gasteiger partial charge >= 0.3 is 39.5 Å². The highest BCUT2D eigenvalue weighted by Crippen LogP contribution is 2.45. The van der Waals surface area contributed by atoms with E-state index in [1.807, 2.05) is 0 Å². The van der Waals surface area contributed by atoms with Crippen LogP contribution in [0.25, 0.3) is 0 Å². The number of aliphatic hydroxyl groups excluding tert-OH is 1. The summed E-state index contributed by atoms with van der Waals surface area (Å²) in [5, 5.41) is 10.7. The van der Waals surface area contributed by atoms with Crippen molar-refractivity contribution in [3.8, 4) is 0 Å². The third-order valence-corrected chi connectivity index (χ3v) is 21.6. The van der Waals surface area contributed by atoms with E-state index in [4.69, 9.17) is 37.0 Å². The van der Waals surface area contributed by atoms with E-state index in [1.165, 1.54) is 244 Å². The lowest BCUT2D eigenvalue weighted by Gasteiger charge is -2.21. The van der Waals surface area contributed by atoms with Gasteiger partial charge in [-0.1, -0.05) is 382 Å². The lowest BCUT2D eigenvalue weighted by Crippen LogP contribution is -2.30. The van der Waals surface area contributed by atoms with Gasteiger partial charge in [0.1, 0.15) is 19.3 Å². The number of hydrogen-bond donors (Lipinski definition) is 3. The number of ether oxygens (including phenoxy) is 4. The van der Waals surface area contributed by atoms with Gasteiger partial charge in [-0.25, -0.2) is 9.13 Å². The molecule has 0 rings (SSSR count). The number of phosphoric ester groups is 2. The molecule has 0 amide bonds. The van der Waals surface area contributed by atoms with Crippen LogP contribution in [0.2, 0.25) is 0 Å². The fraction of sp³-hybridized carbons (Fsp3) is 0.952. The maximum atomic E-state index is 13.1. The summed E-state index contributed by atoms with van der Waals surface area (Å²) < 4.78 is 68.8. The van der Waals surface area contributed by atoms with E-state index in [0.29, 0.717) is 25.7 Å². The van der Waals surface area contributed by atoms with Gasteiger partial charge in [0.2, 0.25) is 0 Å². The van der Waals surface area contributed by atoms with E-state index in [1.54, 1.807) is 0 Å². The van der Waals surface area contributed by atoms with E-state index in [0.717, 1.165) is 108 Å². The molecule has 0 aromatic heterocycles. The van der Waals surface area contributed by atoms with Crippen molar-refractivity contribution in [2.45, 2.75) is 452 Å². The van der Waals surface area contributed by atoms with E-state index in [-0.39, 0.29) is 25.7 Å². The average molecular weight is 1490 g/mol. The molecule has 0 heterocycles. The molecule has 19 heteroatoms. The first-order valence-corrected chi connectivity index (χ1v) is 45.9. The second kappa shape index (κ2) is 73.2. The van der Waals surface area contributed by atoms with Crippen molar-refractivity contribution < 1.29 is 80.2 Å². The van der Waals surface area contributed by atoms with Gasteiger partial charge in [0.25, 0.3) is 0 Å². The Balaban J connectivity index is 5.25. The van der Waals surface area contributed by atoms with Crippen LogP contribution in [0.3, 0.4) is 0 Å². The zero-order valence-corrected chi connectivity index (χ0v) is 68.9. The molecule has 0 aliphatic rings. The topological polar surface area (TPSA) is 237 Å². The summed E-state index contributed by atoms with van der Waals surface area (Å²) in [6.07, 6.45) is 62.3. The minimum Gasteiger partial charge on any atom is -0.462 e. The van der Waals surface area contributed by atoms with Gasteiger partial charge in [-0.3, -0.25) is 37.3 Å². The van der Waals surface area contributed by atoms with Crippen molar-refractivity contribution in [1.82, 2.24) is 0 Å². The number of carbonyl (C=O) groups is 4. The van der Waals surface area contributed by atoms with Crippen LogP contribution in [0.5, 0.6) is 0 Å². The Hall–Kier alpha value is -1.94. The smallest absolute Gasteiger partial charge is 0.462 e.